The summed E-state index contributed by atoms with van der Waals surface area (Å²) < 4.78 is 2.12. The van der Waals surface area contributed by atoms with Gasteiger partial charge in [0.2, 0.25) is 0 Å². The monoisotopic (exact) mass is 350 g/mol. The summed E-state index contributed by atoms with van der Waals surface area (Å²) in [5, 5.41) is 0. The fraction of sp³-hybridized carbons (Fsp3) is 0.882. The summed E-state index contributed by atoms with van der Waals surface area (Å²) in [4.78, 5) is 0. The van der Waals surface area contributed by atoms with Crippen molar-refractivity contribution < 1.29 is 0 Å². The Morgan fingerprint density at radius 2 is 1.45 bits per heavy atom. The maximum absolute atomic E-state index is 2.66. The molecule has 2 unspecified atom stereocenters. The van der Waals surface area contributed by atoms with Gasteiger partial charge in [-0.3, -0.25) is 0 Å². The fourth-order valence-corrected chi connectivity index (χ4v) is 26.7. The minimum atomic E-state index is -1.70. The summed E-state index contributed by atoms with van der Waals surface area (Å²) in [5.74, 6) is 11.3. The average molecular weight is 349 g/mol. The average Bonchev–Trinajstić information content (AvgIpc) is 2.39. The van der Waals surface area contributed by atoms with Crippen molar-refractivity contribution in [1.82, 2.24) is 0 Å². The molecule has 0 aromatic carbocycles. The van der Waals surface area contributed by atoms with Crippen LogP contribution in [0.15, 0.2) is 9.50 Å². The van der Waals surface area contributed by atoms with E-state index in [1.807, 2.05) is 5.47 Å². The zero-order valence-corrected chi connectivity index (χ0v) is 17.7. The van der Waals surface area contributed by atoms with E-state index in [1.165, 1.54) is 6.42 Å². The summed E-state index contributed by atoms with van der Waals surface area (Å²) in [5.41, 5.74) is 2.05. The molecule has 1 saturated carbocycles. The molecule has 0 aromatic heterocycles. The van der Waals surface area contributed by atoms with Crippen molar-refractivity contribution in [2.45, 2.75) is 75.2 Å². The van der Waals surface area contributed by atoms with Crippen molar-refractivity contribution in [1.29, 1.82) is 0 Å². The van der Waals surface area contributed by atoms with Gasteiger partial charge in [0.25, 0.3) is 0 Å². The van der Waals surface area contributed by atoms with Crippen LogP contribution in [-0.4, -0.2) is 28.1 Å². The van der Waals surface area contributed by atoms with E-state index in [2.05, 4.69) is 40.9 Å². The van der Waals surface area contributed by atoms with Crippen LogP contribution in [0.4, 0.5) is 0 Å². The molecule has 1 aliphatic carbocycles. The van der Waals surface area contributed by atoms with E-state index < -0.39 is 21.3 Å². The van der Waals surface area contributed by atoms with Crippen LogP contribution in [0.3, 0.4) is 0 Å². The fourth-order valence-electron chi connectivity index (χ4n) is 6.31. The first-order valence-corrected chi connectivity index (χ1v) is 19.7. The van der Waals surface area contributed by atoms with Crippen LogP contribution in [0.25, 0.3) is 0 Å². The van der Waals surface area contributed by atoms with Gasteiger partial charge in [0.1, 0.15) is 0 Å². The number of allylic oxidation sites excluding steroid dienone is 1. The number of fused-ring (bicyclic) bond motifs is 1. The summed E-state index contributed by atoms with van der Waals surface area (Å²) in [7, 11) is -1.14. The molecule has 0 amide bonds. The van der Waals surface area contributed by atoms with Gasteiger partial charge in [-0.1, -0.05) is 0 Å². The molecule has 4 rings (SSSR count). The maximum atomic E-state index is 2.66. The van der Waals surface area contributed by atoms with E-state index in [0.717, 1.165) is 24.5 Å². The number of rotatable bonds is 2. The van der Waals surface area contributed by atoms with Gasteiger partial charge in [0.15, 0.2) is 0 Å². The predicted molar refractivity (Wildman–Crippen MR) is 98.0 cm³/mol. The molecular formula is C17H33BGeSi. The zero-order valence-electron chi connectivity index (χ0n) is 14.6. The molecule has 20 heavy (non-hydrogen) atoms. The number of hydrogen-bond donors (Lipinski definition) is 0. The van der Waals surface area contributed by atoms with Crippen LogP contribution in [-0.2, 0) is 0 Å². The van der Waals surface area contributed by atoms with E-state index in [1.54, 1.807) is 31.9 Å². The van der Waals surface area contributed by atoms with Gasteiger partial charge in [0.05, 0.1) is 0 Å². The molecule has 4 aliphatic rings. The van der Waals surface area contributed by atoms with Crippen LogP contribution in [0.5, 0.6) is 0 Å². The Labute approximate surface area is 130 Å². The van der Waals surface area contributed by atoms with E-state index in [-0.39, 0.29) is 0 Å². The van der Waals surface area contributed by atoms with Gasteiger partial charge < -0.3 is 0 Å². The normalized spacial score (nSPS) is 36.3. The minimum absolute atomic E-state index is 1.01. The van der Waals surface area contributed by atoms with Crippen molar-refractivity contribution in [3.8, 4) is 0 Å². The molecule has 0 spiro atoms. The van der Waals surface area contributed by atoms with E-state index in [0.29, 0.717) is 0 Å². The Morgan fingerprint density at radius 1 is 0.950 bits per heavy atom. The molecule has 112 valence electrons. The topological polar surface area (TPSA) is 0 Å². The van der Waals surface area contributed by atoms with Crippen molar-refractivity contribution in [2.24, 2.45) is 17.8 Å². The Hall–Kier alpha value is 0.565. The van der Waals surface area contributed by atoms with Crippen molar-refractivity contribution in [3.05, 3.63) is 9.50 Å². The van der Waals surface area contributed by atoms with Gasteiger partial charge in [-0.15, -0.1) is 0 Å². The molecule has 0 aromatic rings. The standard InChI is InChI=1S/C17H33BGeSi/c1-19(2,3)17(20(4,5)6)16-10-13-7-14-9-15(8-13)12-18(16)11-14/h13-15H,7-12H2,1-6H3/b17-16+. The molecule has 0 nitrogen and oxygen atoms in total. The van der Waals surface area contributed by atoms with E-state index in [9.17, 15) is 0 Å². The molecule has 4 fully saturated rings. The molecule has 0 radical (unpaired) electrons. The predicted octanol–water partition coefficient (Wildman–Crippen LogP) is 5.52. The summed E-state index contributed by atoms with van der Waals surface area (Å²) in [6, 6.07) is 0. The van der Waals surface area contributed by atoms with Crippen LogP contribution in [0, 0.1) is 17.8 Å². The Morgan fingerprint density at radius 3 is 1.90 bits per heavy atom. The van der Waals surface area contributed by atoms with Crippen LogP contribution in [0.2, 0.25) is 49.6 Å². The van der Waals surface area contributed by atoms with E-state index in [4.69, 9.17) is 0 Å². The van der Waals surface area contributed by atoms with Crippen molar-refractivity contribution in [3.63, 3.8) is 0 Å². The quantitative estimate of drug-likeness (QED) is 0.576. The molecule has 4 bridgehead atoms. The summed E-state index contributed by atoms with van der Waals surface area (Å²) >= 11 is -1.70. The summed E-state index contributed by atoms with van der Waals surface area (Å²) in [6.07, 6.45) is 9.38. The molecule has 3 heteroatoms. The first kappa shape index (κ1) is 15.5. The second kappa shape index (κ2) is 5.04. The SMILES string of the molecule is C[Si](C)(C)/[C](=C1\CC2CC3CB1CC(C3)C2)[Ge]([CH3])([CH3])[CH3]. The third-order valence-electron chi connectivity index (χ3n) is 6.06. The molecular weight excluding hydrogens is 316 g/mol. The van der Waals surface area contributed by atoms with Crippen LogP contribution < -0.4 is 0 Å². The number of hydrogen-bond acceptors (Lipinski definition) is 0. The van der Waals surface area contributed by atoms with Gasteiger partial charge in [-0.25, -0.2) is 0 Å². The Balaban J connectivity index is 2.08. The van der Waals surface area contributed by atoms with Gasteiger partial charge >= 0.3 is 131 Å². The zero-order chi connectivity index (χ0) is 14.7. The van der Waals surface area contributed by atoms with Crippen molar-refractivity contribution in [2.75, 3.05) is 0 Å². The second-order valence-corrected chi connectivity index (χ2v) is 26.6. The van der Waals surface area contributed by atoms with Gasteiger partial charge in [-0.2, -0.15) is 0 Å². The van der Waals surface area contributed by atoms with Crippen LogP contribution in [0.1, 0.15) is 25.7 Å². The van der Waals surface area contributed by atoms with Crippen molar-refractivity contribution >= 4 is 28.1 Å². The van der Waals surface area contributed by atoms with Gasteiger partial charge in [-0.05, 0) is 0 Å². The van der Waals surface area contributed by atoms with Crippen LogP contribution >= 0.6 is 0 Å². The second-order valence-electron chi connectivity index (χ2n) is 10.1. The Kier molecular flexibility index (Phi) is 3.90. The van der Waals surface area contributed by atoms with Gasteiger partial charge in [0, 0.05) is 0 Å². The molecule has 3 heterocycles. The third-order valence-corrected chi connectivity index (χ3v) is 20.3. The molecule has 3 aliphatic heterocycles. The molecule has 0 N–H and O–H groups in total. The first-order valence-electron chi connectivity index (χ1n) is 8.88. The van der Waals surface area contributed by atoms with E-state index >= 15 is 0 Å². The Bertz CT molecular complexity index is 399. The molecule has 2 atom stereocenters. The first-order chi connectivity index (χ1) is 9.14. The third kappa shape index (κ3) is 2.88. The summed E-state index contributed by atoms with van der Waals surface area (Å²) in [6.45, 7) is 8.89. The molecule has 3 saturated heterocycles.